The second-order valence-electron chi connectivity index (χ2n) is 5.28. The number of pyridine rings is 1. The topological polar surface area (TPSA) is 48.4 Å². The van der Waals surface area contributed by atoms with Crippen molar-refractivity contribution in [3.05, 3.63) is 66.0 Å². The zero-order chi connectivity index (χ0) is 13.8. The van der Waals surface area contributed by atoms with Crippen LogP contribution in [0.2, 0.25) is 0 Å². The Bertz CT molecular complexity index is 532. The predicted molar refractivity (Wildman–Crippen MR) is 77.4 cm³/mol. The van der Waals surface area contributed by atoms with Crippen molar-refractivity contribution in [3.8, 4) is 0 Å². The molecule has 104 valence electrons. The van der Waals surface area contributed by atoms with E-state index in [1.54, 1.807) is 0 Å². The van der Waals surface area contributed by atoms with Gasteiger partial charge in [0.2, 0.25) is 0 Å². The Morgan fingerprint density at radius 1 is 1.10 bits per heavy atom. The van der Waals surface area contributed by atoms with Crippen molar-refractivity contribution in [2.45, 2.75) is 18.5 Å². The lowest BCUT2D eigenvalue weighted by atomic mass is 10.00. The summed E-state index contributed by atoms with van der Waals surface area (Å²) < 4.78 is 0. The predicted octanol–water partition coefficient (Wildman–Crippen LogP) is 2.03. The fourth-order valence-electron chi connectivity index (χ4n) is 2.88. The van der Waals surface area contributed by atoms with Gasteiger partial charge in [-0.25, -0.2) is 5.48 Å². The van der Waals surface area contributed by atoms with Crippen molar-refractivity contribution in [1.29, 1.82) is 0 Å². The molecule has 1 aliphatic heterocycles. The highest BCUT2D eigenvalue weighted by Crippen LogP contribution is 2.27. The number of hydroxylamine groups is 1. The Kier molecular flexibility index (Phi) is 4.06. The summed E-state index contributed by atoms with van der Waals surface area (Å²) >= 11 is 0. The number of rotatable bonds is 4. The third kappa shape index (κ3) is 2.88. The second kappa shape index (κ2) is 6.13. The molecular weight excluding hydrogens is 250 g/mol. The van der Waals surface area contributed by atoms with Gasteiger partial charge in [0, 0.05) is 37.4 Å². The van der Waals surface area contributed by atoms with Gasteiger partial charge in [-0.3, -0.25) is 9.88 Å². The lowest BCUT2D eigenvalue weighted by Crippen LogP contribution is -2.33. The molecule has 1 aliphatic rings. The van der Waals surface area contributed by atoms with E-state index >= 15 is 0 Å². The van der Waals surface area contributed by atoms with Gasteiger partial charge in [-0.15, -0.1) is 0 Å². The summed E-state index contributed by atoms with van der Waals surface area (Å²) in [4.78, 5) is 6.77. The van der Waals surface area contributed by atoms with Crippen molar-refractivity contribution in [2.75, 3.05) is 13.1 Å². The van der Waals surface area contributed by atoms with Crippen LogP contribution in [0.25, 0.3) is 0 Å². The fraction of sp³-hybridized carbons (Fsp3) is 0.312. The molecule has 1 aromatic carbocycles. The summed E-state index contributed by atoms with van der Waals surface area (Å²) in [6.07, 6.45) is 1.81. The highest BCUT2D eigenvalue weighted by atomic mass is 16.5. The zero-order valence-electron chi connectivity index (χ0n) is 11.3. The van der Waals surface area contributed by atoms with Crippen molar-refractivity contribution in [1.82, 2.24) is 15.4 Å². The first-order valence-corrected chi connectivity index (χ1v) is 6.93. The lowest BCUT2D eigenvalue weighted by Gasteiger charge is -2.15. The van der Waals surface area contributed by atoms with Crippen LogP contribution in [-0.2, 0) is 6.54 Å². The van der Waals surface area contributed by atoms with Gasteiger partial charge < -0.3 is 5.21 Å². The molecule has 1 fully saturated rings. The average molecular weight is 269 g/mol. The number of hydrogen-bond donors (Lipinski definition) is 2. The highest BCUT2D eigenvalue weighted by molar-refractivity contribution is 5.18. The van der Waals surface area contributed by atoms with Gasteiger partial charge in [-0.05, 0) is 17.7 Å². The minimum Gasteiger partial charge on any atom is -0.316 e. The normalized spacial score (nSPS) is 23.1. The molecule has 20 heavy (non-hydrogen) atoms. The number of nitrogens with zero attached hydrogens (tertiary/aromatic N) is 2. The molecule has 0 bridgehead atoms. The van der Waals surface area contributed by atoms with E-state index in [2.05, 4.69) is 39.6 Å². The molecule has 0 aliphatic carbocycles. The van der Waals surface area contributed by atoms with E-state index in [0.717, 1.165) is 25.3 Å². The summed E-state index contributed by atoms with van der Waals surface area (Å²) in [7, 11) is 0. The van der Waals surface area contributed by atoms with Crippen LogP contribution in [0.15, 0.2) is 54.7 Å². The minimum atomic E-state index is 0.0358. The van der Waals surface area contributed by atoms with Crippen LogP contribution >= 0.6 is 0 Å². The molecule has 0 unspecified atom stereocenters. The third-order valence-corrected chi connectivity index (χ3v) is 3.88. The molecule has 0 saturated carbocycles. The summed E-state index contributed by atoms with van der Waals surface area (Å²) in [5.74, 6) is 0.227. The second-order valence-corrected chi connectivity index (χ2v) is 5.28. The van der Waals surface area contributed by atoms with Crippen LogP contribution in [0.3, 0.4) is 0 Å². The van der Waals surface area contributed by atoms with E-state index in [4.69, 9.17) is 0 Å². The molecule has 4 nitrogen and oxygen atoms in total. The van der Waals surface area contributed by atoms with Gasteiger partial charge in [0.25, 0.3) is 0 Å². The van der Waals surface area contributed by atoms with E-state index in [1.807, 2.05) is 30.5 Å². The number of likely N-dealkylation sites (tertiary alicyclic amines) is 1. The van der Waals surface area contributed by atoms with Gasteiger partial charge >= 0.3 is 0 Å². The minimum absolute atomic E-state index is 0.0358. The van der Waals surface area contributed by atoms with Crippen molar-refractivity contribution in [3.63, 3.8) is 0 Å². The Hall–Kier alpha value is -1.75. The first-order chi connectivity index (χ1) is 9.86. The van der Waals surface area contributed by atoms with Crippen molar-refractivity contribution < 1.29 is 5.21 Å². The average Bonchev–Trinajstić information content (AvgIpc) is 2.92. The molecule has 0 amide bonds. The number of hydrogen-bond acceptors (Lipinski definition) is 4. The largest absolute Gasteiger partial charge is 0.316 e. The van der Waals surface area contributed by atoms with Crippen molar-refractivity contribution >= 4 is 0 Å². The molecule has 2 atom stereocenters. The Morgan fingerprint density at radius 2 is 1.90 bits per heavy atom. The number of nitrogens with one attached hydrogen (secondary N) is 1. The molecule has 1 aromatic heterocycles. The van der Waals surface area contributed by atoms with Gasteiger partial charge in [0.05, 0.1) is 6.04 Å². The van der Waals surface area contributed by atoms with E-state index < -0.39 is 0 Å². The summed E-state index contributed by atoms with van der Waals surface area (Å²) in [5.41, 5.74) is 4.78. The van der Waals surface area contributed by atoms with Crippen LogP contribution in [0, 0.1) is 0 Å². The molecule has 0 radical (unpaired) electrons. The molecule has 2 heterocycles. The van der Waals surface area contributed by atoms with E-state index in [1.165, 1.54) is 5.56 Å². The SMILES string of the molecule is ON[C@H]1CN(Cc2ccccc2)C[C@@H]1c1ccccn1. The molecule has 2 N–H and O–H groups in total. The monoisotopic (exact) mass is 269 g/mol. The Labute approximate surface area is 119 Å². The van der Waals surface area contributed by atoms with Crippen LogP contribution in [0.1, 0.15) is 17.2 Å². The van der Waals surface area contributed by atoms with E-state index in [9.17, 15) is 5.21 Å². The van der Waals surface area contributed by atoms with Crippen molar-refractivity contribution in [2.24, 2.45) is 0 Å². The van der Waals surface area contributed by atoms with Crippen LogP contribution < -0.4 is 5.48 Å². The van der Waals surface area contributed by atoms with Gasteiger partial charge in [0.15, 0.2) is 0 Å². The van der Waals surface area contributed by atoms with Crippen LogP contribution in [-0.4, -0.2) is 34.2 Å². The summed E-state index contributed by atoms with van der Waals surface area (Å²) in [6, 6.07) is 16.4. The standard InChI is InChI=1S/C16H19N3O/c20-18-16-12-19(10-13-6-2-1-3-7-13)11-14(16)15-8-4-5-9-17-15/h1-9,14,16,18,20H,10-12H2/t14-,16+/m1/s1. The molecular formula is C16H19N3O. The molecule has 3 rings (SSSR count). The zero-order valence-corrected chi connectivity index (χ0v) is 11.3. The van der Waals surface area contributed by atoms with Crippen LogP contribution in [0.5, 0.6) is 0 Å². The third-order valence-electron chi connectivity index (χ3n) is 3.88. The van der Waals surface area contributed by atoms with E-state index in [-0.39, 0.29) is 12.0 Å². The number of benzene rings is 1. The lowest BCUT2D eigenvalue weighted by molar-refractivity contribution is 0.121. The first kappa shape index (κ1) is 13.2. The first-order valence-electron chi connectivity index (χ1n) is 6.93. The Balaban J connectivity index is 1.71. The maximum absolute atomic E-state index is 9.38. The quantitative estimate of drug-likeness (QED) is 0.834. The molecule has 0 spiro atoms. The fourth-order valence-corrected chi connectivity index (χ4v) is 2.88. The van der Waals surface area contributed by atoms with Crippen LogP contribution in [0.4, 0.5) is 0 Å². The smallest absolute Gasteiger partial charge is 0.0542 e. The molecule has 4 heteroatoms. The van der Waals surface area contributed by atoms with Gasteiger partial charge in [-0.2, -0.15) is 0 Å². The molecule has 1 saturated heterocycles. The number of aromatic nitrogens is 1. The maximum atomic E-state index is 9.38. The summed E-state index contributed by atoms with van der Waals surface area (Å²) in [5, 5.41) is 9.38. The molecule has 2 aromatic rings. The summed E-state index contributed by atoms with van der Waals surface area (Å²) in [6.45, 7) is 2.64. The van der Waals surface area contributed by atoms with Gasteiger partial charge in [0.1, 0.15) is 0 Å². The van der Waals surface area contributed by atoms with E-state index in [0.29, 0.717) is 0 Å². The Morgan fingerprint density at radius 3 is 2.60 bits per heavy atom. The van der Waals surface area contributed by atoms with Gasteiger partial charge in [-0.1, -0.05) is 36.4 Å². The highest BCUT2D eigenvalue weighted by Gasteiger charge is 2.34. The maximum Gasteiger partial charge on any atom is 0.0542 e.